The van der Waals surface area contributed by atoms with Crippen LogP contribution in [0.1, 0.15) is 32.5 Å². The molecule has 1 rings (SSSR count). The van der Waals surface area contributed by atoms with Crippen molar-refractivity contribution in [1.29, 1.82) is 0 Å². The summed E-state index contributed by atoms with van der Waals surface area (Å²) in [7, 11) is 1.82. The standard InChI is InChI=1S/C13H23N5O/c1-4-7-16-13(19)6-8-15-12-9-11(14-3)17-10(5-2)18-12/h9H,4-8H2,1-3H3,(H,16,19)(H2,14,15,17,18). The fourth-order valence-corrected chi connectivity index (χ4v) is 1.53. The molecule has 1 amide bonds. The lowest BCUT2D eigenvalue weighted by Gasteiger charge is -2.09. The molecule has 0 aliphatic carbocycles. The molecule has 6 heteroatoms. The third kappa shape index (κ3) is 5.54. The van der Waals surface area contributed by atoms with Crippen LogP contribution < -0.4 is 16.0 Å². The van der Waals surface area contributed by atoms with Gasteiger partial charge in [0.25, 0.3) is 0 Å². The van der Waals surface area contributed by atoms with Gasteiger partial charge < -0.3 is 16.0 Å². The third-order valence-electron chi connectivity index (χ3n) is 2.58. The lowest BCUT2D eigenvalue weighted by atomic mass is 10.3. The molecule has 0 aliphatic heterocycles. The molecular weight excluding hydrogens is 242 g/mol. The summed E-state index contributed by atoms with van der Waals surface area (Å²) in [6.45, 7) is 5.34. The Morgan fingerprint density at radius 2 is 1.95 bits per heavy atom. The van der Waals surface area contributed by atoms with Crippen LogP contribution in [0.25, 0.3) is 0 Å². The van der Waals surface area contributed by atoms with Gasteiger partial charge in [-0.15, -0.1) is 0 Å². The van der Waals surface area contributed by atoms with E-state index in [1.165, 1.54) is 0 Å². The number of rotatable bonds is 8. The highest BCUT2D eigenvalue weighted by Crippen LogP contribution is 2.11. The van der Waals surface area contributed by atoms with E-state index < -0.39 is 0 Å². The lowest BCUT2D eigenvalue weighted by molar-refractivity contribution is -0.120. The number of hydrogen-bond donors (Lipinski definition) is 3. The van der Waals surface area contributed by atoms with Gasteiger partial charge in [-0.3, -0.25) is 4.79 Å². The van der Waals surface area contributed by atoms with Crippen LogP contribution in [0.3, 0.4) is 0 Å². The average Bonchev–Trinajstić information content (AvgIpc) is 2.44. The van der Waals surface area contributed by atoms with Crippen molar-refractivity contribution >= 4 is 17.5 Å². The number of amides is 1. The van der Waals surface area contributed by atoms with Crippen LogP contribution in [0.2, 0.25) is 0 Å². The molecule has 0 atom stereocenters. The number of anilines is 2. The van der Waals surface area contributed by atoms with Crippen molar-refractivity contribution in [1.82, 2.24) is 15.3 Å². The first-order chi connectivity index (χ1) is 9.19. The number of hydrogen-bond acceptors (Lipinski definition) is 5. The maximum Gasteiger partial charge on any atom is 0.221 e. The summed E-state index contributed by atoms with van der Waals surface area (Å²) in [5, 5.41) is 8.99. The monoisotopic (exact) mass is 265 g/mol. The van der Waals surface area contributed by atoms with Gasteiger partial charge in [-0.05, 0) is 6.42 Å². The van der Waals surface area contributed by atoms with E-state index in [0.717, 1.165) is 36.8 Å². The van der Waals surface area contributed by atoms with Crippen molar-refractivity contribution in [2.75, 3.05) is 30.8 Å². The van der Waals surface area contributed by atoms with Crippen molar-refractivity contribution in [2.45, 2.75) is 33.1 Å². The minimum absolute atomic E-state index is 0.0629. The smallest absolute Gasteiger partial charge is 0.221 e. The molecule has 1 aromatic heterocycles. The molecule has 0 aromatic carbocycles. The van der Waals surface area contributed by atoms with Gasteiger partial charge in [0.15, 0.2) is 0 Å². The van der Waals surface area contributed by atoms with Gasteiger partial charge >= 0.3 is 0 Å². The first kappa shape index (κ1) is 15.2. The first-order valence-corrected chi connectivity index (χ1v) is 6.75. The quantitative estimate of drug-likeness (QED) is 0.662. The van der Waals surface area contributed by atoms with Gasteiger partial charge in [0.1, 0.15) is 17.5 Å². The Bertz CT molecular complexity index is 386. The predicted octanol–water partition coefficient (Wildman–Crippen LogP) is 1.41. The largest absolute Gasteiger partial charge is 0.373 e. The zero-order chi connectivity index (χ0) is 14.1. The molecule has 0 radical (unpaired) electrons. The van der Waals surface area contributed by atoms with E-state index in [4.69, 9.17) is 0 Å². The van der Waals surface area contributed by atoms with Crippen LogP contribution in [-0.2, 0) is 11.2 Å². The Morgan fingerprint density at radius 1 is 1.21 bits per heavy atom. The zero-order valence-corrected chi connectivity index (χ0v) is 11.9. The summed E-state index contributed by atoms with van der Waals surface area (Å²) in [6, 6.07) is 1.84. The normalized spacial score (nSPS) is 10.1. The van der Waals surface area contributed by atoms with Crippen molar-refractivity contribution in [2.24, 2.45) is 0 Å². The summed E-state index contributed by atoms with van der Waals surface area (Å²) in [5.41, 5.74) is 0. The summed E-state index contributed by atoms with van der Waals surface area (Å²) < 4.78 is 0. The van der Waals surface area contributed by atoms with E-state index >= 15 is 0 Å². The molecule has 0 saturated carbocycles. The second-order valence-electron chi connectivity index (χ2n) is 4.18. The maximum atomic E-state index is 11.4. The third-order valence-corrected chi connectivity index (χ3v) is 2.58. The molecule has 1 heterocycles. The molecule has 1 aromatic rings. The van der Waals surface area contributed by atoms with Gasteiger partial charge in [0, 0.05) is 39.0 Å². The summed E-state index contributed by atoms with van der Waals surface area (Å²) in [5.74, 6) is 2.38. The molecule has 6 nitrogen and oxygen atoms in total. The minimum atomic E-state index is 0.0629. The summed E-state index contributed by atoms with van der Waals surface area (Å²) in [6.07, 6.45) is 2.18. The zero-order valence-electron chi connectivity index (χ0n) is 11.9. The fraction of sp³-hybridized carbons (Fsp3) is 0.615. The van der Waals surface area contributed by atoms with Crippen molar-refractivity contribution in [3.8, 4) is 0 Å². The van der Waals surface area contributed by atoms with Gasteiger partial charge in [0.05, 0.1) is 0 Å². The van der Waals surface area contributed by atoms with E-state index in [-0.39, 0.29) is 5.91 Å². The van der Waals surface area contributed by atoms with E-state index in [1.54, 1.807) is 0 Å². The van der Waals surface area contributed by atoms with E-state index in [0.29, 0.717) is 13.0 Å². The molecule has 0 bridgehead atoms. The van der Waals surface area contributed by atoms with Crippen molar-refractivity contribution in [3.63, 3.8) is 0 Å². The van der Waals surface area contributed by atoms with Crippen LogP contribution in [0.5, 0.6) is 0 Å². The van der Waals surface area contributed by atoms with E-state index in [1.807, 2.05) is 27.0 Å². The number of carbonyl (C=O) groups is 1. The second kappa shape index (κ2) is 8.29. The number of nitrogens with zero attached hydrogens (tertiary/aromatic N) is 2. The lowest BCUT2D eigenvalue weighted by Crippen LogP contribution is -2.26. The molecular formula is C13H23N5O. The topological polar surface area (TPSA) is 78.9 Å². The predicted molar refractivity (Wildman–Crippen MR) is 77.4 cm³/mol. The Labute approximate surface area is 114 Å². The molecule has 0 fully saturated rings. The van der Waals surface area contributed by atoms with Crippen LogP contribution in [0.15, 0.2) is 6.07 Å². The number of aryl methyl sites for hydroxylation is 1. The van der Waals surface area contributed by atoms with E-state index in [2.05, 4.69) is 25.9 Å². The second-order valence-corrected chi connectivity index (χ2v) is 4.18. The number of carbonyl (C=O) groups excluding carboxylic acids is 1. The highest BCUT2D eigenvalue weighted by molar-refractivity contribution is 5.76. The molecule has 106 valence electrons. The number of aromatic nitrogens is 2. The summed E-state index contributed by atoms with van der Waals surface area (Å²) in [4.78, 5) is 20.1. The van der Waals surface area contributed by atoms with E-state index in [9.17, 15) is 4.79 Å². The molecule has 0 aliphatic rings. The SMILES string of the molecule is CCCNC(=O)CCNc1cc(NC)nc(CC)n1. The first-order valence-electron chi connectivity index (χ1n) is 6.75. The van der Waals surface area contributed by atoms with Gasteiger partial charge in [0.2, 0.25) is 5.91 Å². The van der Waals surface area contributed by atoms with Crippen LogP contribution in [0, 0.1) is 0 Å². The van der Waals surface area contributed by atoms with Crippen molar-refractivity contribution in [3.05, 3.63) is 11.9 Å². The number of nitrogens with one attached hydrogen (secondary N) is 3. The van der Waals surface area contributed by atoms with Crippen LogP contribution in [0.4, 0.5) is 11.6 Å². The highest BCUT2D eigenvalue weighted by Gasteiger charge is 2.03. The van der Waals surface area contributed by atoms with Crippen molar-refractivity contribution < 1.29 is 4.79 Å². The Hall–Kier alpha value is -1.85. The highest BCUT2D eigenvalue weighted by atomic mass is 16.1. The van der Waals surface area contributed by atoms with Gasteiger partial charge in [-0.1, -0.05) is 13.8 Å². The molecule has 3 N–H and O–H groups in total. The average molecular weight is 265 g/mol. The molecule has 0 spiro atoms. The maximum absolute atomic E-state index is 11.4. The molecule has 0 unspecified atom stereocenters. The summed E-state index contributed by atoms with van der Waals surface area (Å²) >= 11 is 0. The van der Waals surface area contributed by atoms with Crippen LogP contribution in [-0.4, -0.2) is 36.0 Å². The Morgan fingerprint density at radius 3 is 2.58 bits per heavy atom. The van der Waals surface area contributed by atoms with Gasteiger partial charge in [-0.25, -0.2) is 9.97 Å². The van der Waals surface area contributed by atoms with Crippen LogP contribution >= 0.6 is 0 Å². The van der Waals surface area contributed by atoms with Gasteiger partial charge in [-0.2, -0.15) is 0 Å². The fourth-order valence-electron chi connectivity index (χ4n) is 1.53. The Kier molecular flexibility index (Phi) is 6.63. The molecule has 19 heavy (non-hydrogen) atoms. The minimum Gasteiger partial charge on any atom is -0.373 e. The molecule has 0 saturated heterocycles. The Balaban J connectivity index is 2.46.